The number of aliphatic hydroxyl groups is 2. The van der Waals surface area contributed by atoms with Crippen LogP contribution in [-0.2, 0) is 29.9 Å². The highest BCUT2D eigenvalue weighted by Gasteiger charge is 2.52. The Morgan fingerprint density at radius 1 is 1.07 bits per heavy atom. The Balaban J connectivity index is 1.40. The van der Waals surface area contributed by atoms with Gasteiger partial charge in [-0.25, -0.2) is 0 Å². The highest BCUT2D eigenvalue weighted by molar-refractivity contribution is 6.09. The molecule has 9 nitrogen and oxygen atoms in total. The molecule has 0 radical (unpaired) electrons. The number of benzene rings is 3. The minimum Gasteiger partial charge on any atom is -0.396 e. The summed E-state index contributed by atoms with van der Waals surface area (Å²) in [4.78, 5) is 28.3. The average molecular weight is 552 g/mol. The molecule has 41 heavy (non-hydrogen) atoms. The second-order valence-electron chi connectivity index (χ2n) is 10.1. The van der Waals surface area contributed by atoms with Crippen LogP contribution in [0.3, 0.4) is 0 Å². The molecule has 0 aliphatic carbocycles. The third-order valence-corrected chi connectivity index (χ3v) is 7.31. The highest BCUT2D eigenvalue weighted by Crippen LogP contribution is 2.46. The van der Waals surface area contributed by atoms with Crippen molar-refractivity contribution in [1.82, 2.24) is 15.0 Å². The van der Waals surface area contributed by atoms with Crippen molar-refractivity contribution in [2.75, 3.05) is 16.8 Å². The maximum atomic E-state index is 13.9. The summed E-state index contributed by atoms with van der Waals surface area (Å²) in [6.45, 7) is 2.71. The Morgan fingerprint density at radius 2 is 1.80 bits per heavy atom. The minimum absolute atomic E-state index is 0.0170. The molecule has 4 aromatic rings. The minimum atomic E-state index is -1.82. The Morgan fingerprint density at radius 3 is 2.54 bits per heavy atom. The number of allylic oxidation sites excluding steroid dienone is 1. The van der Waals surface area contributed by atoms with Crippen LogP contribution in [0.5, 0.6) is 0 Å². The number of amides is 2. The lowest BCUT2D eigenvalue weighted by atomic mass is 9.82. The topological polar surface area (TPSA) is 121 Å². The van der Waals surface area contributed by atoms with E-state index in [1.807, 2.05) is 55.5 Å². The maximum absolute atomic E-state index is 13.9. The molecule has 0 bridgehead atoms. The first-order valence-corrected chi connectivity index (χ1v) is 13.7. The van der Waals surface area contributed by atoms with Crippen molar-refractivity contribution >= 4 is 23.2 Å². The molecule has 2 heterocycles. The van der Waals surface area contributed by atoms with E-state index in [2.05, 4.69) is 15.6 Å². The molecule has 0 saturated heterocycles. The van der Waals surface area contributed by atoms with Gasteiger partial charge in [-0.05, 0) is 42.3 Å². The van der Waals surface area contributed by atoms with E-state index in [-0.39, 0.29) is 12.5 Å². The second-order valence-corrected chi connectivity index (χ2v) is 10.1. The molecule has 0 saturated carbocycles. The molecule has 9 heteroatoms. The van der Waals surface area contributed by atoms with Gasteiger partial charge in [-0.15, -0.1) is 5.10 Å². The summed E-state index contributed by atoms with van der Waals surface area (Å²) in [6, 6.07) is 23.7. The summed E-state index contributed by atoms with van der Waals surface area (Å²) in [7, 11) is 0. The van der Waals surface area contributed by atoms with Gasteiger partial charge >= 0.3 is 0 Å². The summed E-state index contributed by atoms with van der Waals surface area (Å²) < 4.78 is 1.70. The average Bonchev–Trinajstić information content (AvgIpc) is 3.53. The van der Waals surface area contributed by atoms with Gasteiger partial charge in [0.25, 0.3) is 11.8 Å². The van der Waals surface area contributed by atoms with Gasteiger partial charge in [0.1, 0.15) is 0 Å². The molecule has 1 aromatic heterocycles. The Bertz CT molecular complexity index is 1540. The van der Waals surface area contributed by atoms with Crippen LogP contribution in [0.2, 0.25) is 0 Å². The number of aliphatic hydroxyl groups excluding tert-OH is 1. The van der Waals surface area contributed by atoms with E-state index in [9.17, 15) is 14.7 Å². The summed E-state index contributed by atoms with van der Waals surface area (Å²) in [6.07, 6.45) is 6.63. The van der Waals surface area contributed by atoms with Crippen LogP contribution >= 0.6 is 0 Å². The van der Waals surface area contributed by atoms with E-state index < -0.39 is 17.4 Å². The van der Waals surface area contributed by atoms with Gasteiger partial charge in [-0.3, -0.25) is 14.3 Å². The van der Waals surface area contributed by atoms with Crippen LogP contribution in [0.15, 0.2) is 97.2 Å². The quantitative estimate of drug-likeness (QED) is 0.242. The zero-order valence-corrected chi connectivity index (χ0v) is 22.9. The molecule has 3 N–H and O–H groups in total. The fraction of sp³-hybridized carbons (Fsp3) is 0.250. The van der Waals surface area contributed by atoms with E-state index in [4.69, 9.17) is 5.11 Å². The SMILES string of the molecule is C[C@@H](/C=C/CCn1cc(CCO)nn1)[C@]1(O)C(=O)N(Cc2ccccc2)c2ccc(NC(=O)c3ccccc3)cc21. The van der Waals surface area contributed by atoms with Crippen molar-refractivity contribution in [3.05, 3.63) is 120 Å². The lowest BCUT2D eigenvalue weighted by Crippen LogP contribution is -2.44. The van der Waals surface area contributed by atoms with Gasteiger partial charge in [-0.1, -0.05) is 72.8 Å². The first-order chi connectivity index (χ1) is 19.9. The van der Waals surface area contributed by atoms with Crippen LogP contribution in [0.4, 0.5) is 11.4 Å². The zero-order valence-electron chi connectivity index (χ0n) is 22.9. The van der Waals surface area contributed by atoms with Crippen molar-refractivity contribution in [3.63, 3.8) is 0 Å². The fourth-order valence-corrected chi connectivity index (χ4v) is 5.06. The smallest absolute Gasteiger partial charge is 0.264 e. The predicted octanol–water partition coefficient (Wildman–Crippen LogP) is 4.08. The summed E-state index contributed by atoms with van der Waals surface area (Å²) >= 11 is 0. The van der Waals surface area contributed by atoms with Gasteiger partial charge in [0.15, 0.2) is 5.60 Å². The Labute approximate surface area is 238 Å². The van der Waals surface area contributed by atoms with Crippen LogP contribution in [0.1, 0.15) is 40.5 Å². The molecular formula is C32H33N5O4. The van der Waals surface area contributed by atoms with Crippen LogP contribution in [0.25, 0.3) is 0 Å². The number of carbonyl (C=O) groups excluding carboxylic acids is 2. The third-order valence-electron chi connectivity index (χ3n) is 7.31. The molecule has 2 amide bonds. The number of nitrogens with zero attached hydrogens (tertiary/aromatic N) is 4. The van der Waals surface area contributed by atoms with E-state index in [1.54, 1.807) is 58.2 Å². The number of aromatic nitrogens is 3. The van der Waals surface area contributed by atoms with Crippen LogP contribution in [-0.4, -0.2) is 43.6 Å². The number of rotatable bonds is 11. The molecular weight excluding hydrogens is 518 g/mol. The first kappa shape index (κ1) is 27.9. The van der Waals surface area contributed by atoms with Crippen molar-refractivity contribution in [2.45, 2.75) is 38.5 Å². The van der Waals surface area contributed by atoms with E-state index in [0.29, 0.717) is 48.4 Å². The number of fused-ring (bicyclic) bond motifs is 1. The lowest BCUT2D eigenvalue weighted by molar-refractivity contribution is -0.139. The lowest BCUT2D eigenvalue weighted by Gasteiger charge is -2.28. The number of carbonyl (C=O) groups is 2. The zero-order chi connectivity index (χ0) is 28.8. The third kappa shape index (κ3) is 5.96. The molecule has 3 aromatic carbocycles. The molecule has 0 spiro atoms. The predicted molar refractivity (Wildman–Crippen MR) is 156 cm³/mol. The summed E-state index contributed by atoms with van der Waals surface area (Å²) in [5.41, 5.74) is 1.90. The Hall–Kier alpha value is -4.60. The van der Waals surface area contributed by atoms with E-state index in [0.717, 1.165) is 11.3 Å². The monoisotopic (exact) mass is 551 g/mol. The Kier molecular flexibility index (Phi) is 8.37. The fourth-order valence-electron chi connectivity index (χ4n) is 5.06. The van der Waals surface area contributed by atoms with Crippen LogP contribution in [0, 0.1) is 5.92 Å². The molecule has 0 unspecified atom stereocenters. The van der Waals surface area contributed by atoms with Crippen molar-refractivity contribution in [3.8, 4) is 0 Å². The number of hydrogen-bond donors (Lipinski definition) is 3. The number of aryl methyl sites for hydroxylation is 1. The summed E-state index contributed by atoms with van der Waals surface area (Å²) in [5.74, 6) is -1.25. The standard InChI is InChI=1S/C32H33N5O4/c1-23(10-8-9-18-36-22-27(17-19-38)34-35-36)32(41)28-20-26(33-30(39)25-13-6-3-7-14-25)15-16-29(28)37(31(32)40)21-24-11-4-2-5-12-24/h2-8,10-16,20,22-23,38,41H,9,17-19,21H2,1H3,(H,33,39)/b10-8+/t23-,32+/m0/s1. The van der Waals surface area contributed by atoms with Gasteiger partial charge in [-0.2, -0.15) is 0 Å². The molecule has 210 valence electrons. The second kappa shape index (κ2) is 12.3. The van der Waals surface area contributed by atoms with Gasteiger partial charge in [0.05, 0.1) is 17.9 Å². The van der Waals surface area contributed by atoms with Crippen molar-refractivity contribution in [1.29, 1.82) is 0 Å². The number of anilines is 2. The molecule has 2 atom stereocenters. The molecule has 1 aliphatic heterocycles. The number of hydrogen-bond acceptors (Lipinski definition) is 6. The van der Waals surface area contributed by atoms with Gasteiger partial charge in [0.2, 0.25) is 0 Å². The highest BCUT2D eigenvalue weighted by atomic mass is 16.3. The summed E-state index contributed by atoms with van der Waals surface area (Å²) in [5, 5.41) is 32.1. The van der Waals surface area contributed by atoms with Gasteiger partial charge in [0, 0.05) is 48.5 Å². The van der Waals surface area contributed by atoms with Crippen LogP contribution < -0.4 is 10.2 Å². The molecule has 0 fully saturated rings. The normalized spacial score (nSPS) is 17.1. The van der Waals surface area contributed by atoms with Crippen molar-refractivity contribution < 1.29 is 19.8 Å². The number of nitrogens with one attached hydrogen (secondary N) is 1. The largest absolute Gasteiger partial charge is 0.396 e. The first-order valence-electron chi connectivity index (χ1n) is 13.7. The maximum Gasteiger partial charge on any atom is 0.264 e. The van der Waals surface area contributed by atoms with Gasteiger partial charge < -0.3 is 20.4 Å². The molecule has 5 rings (SSSR count). The van der Waals surface area contributed by atoms with E-state index in [1.165, 1.54) is 0 Å². The van der Waals surface area contributed by atoms with E-state index >= 15 is 0 Å². The van der Waals surface area contributed by atoms with Crippen molar-refractivity contribution in [2.24, 2.45) is 5.92 Å². The molecule has 1 aliphatic rings.